The quantitative estimate of drug-likeness (QED) is 0.347. The molecule has 0 aliphatic rings. The lowest BCUT2D eigenvalue weighted by Gasteiger charge is -2.16. The van der Waals surface area contributed by atoms with Crippen LogP contribution in [0.2, 0.25) is 0 Å². The van der Waals surface area contributed by atoms with Crippen LogP contribution in [0.5, 0.6) is 0 Å². The van der Waals surface area contributed by atoms with Gasteiger partial charge in [0.1, 0.15) is 0 Å². The van der Waals surface area contributed by atoms with E-state index in [1.54, 1.807) is 16.5 Å². The molecule has 0 unspecified atom stereocenters. The third-order valence-corrected chi connectivity index (χ3v) is 7.08. The van der Waals surface area contributed by atoms with Gasteiger partial charge in [0, 0.05) is 29.8 Å². The summed E-state index contributed by atoms with van der Waals surface area (Å²) in [4.78, 5) is 28.5. The molecule has 0 fully saturated rings. The summed E-state index contributed by atoms with van der Waals surface area (Å²) in [6.45, 7) is 3.93. The number of fused-ring (bicyclic) bond motifs is 2. The Morgan fingerprint density at radius 3 is 2.69 bits per heavy atom. The van der Waals surface area contributed by atoms with E-state index in [1.165, 1.54) is 23.1 Å². The largest absolute Gasteiger partial charge is 0.287 e. The van der Waals surface area contributed by atoms with Crippen molar-refractivity contribution in [2.24, 2.45) is 0 Å². The summed E-state index contributed by atoms with van der Waals surface area (Å²) in [5.74, 6) is 1.08. The van der Waals surface area contributed by atoms with Crippen molar-refractivity contribution < 1.29 is 4.79 Å². The van der Waals surface area contributed by atoms with Gasteiger partial charge in [-0.3, -0.25) is 9.69 Å². The number of thiazole rings is 1. The summed E-state index contributed by atoms with van der Waals surface area (Å²) in [6.07, 6.45) is 0. The van der Waals surface area contributed by atoms with Crippen molar-refractivity contribution in [1.29, 1.82) is 0 Å². The van der Waals surface area contributed by atoms with E-state index in [9.17, 15) is 4.79 Å². The second-order valence-electron chi connectivity index (χ2n) is 7.42. The standard InChI is InChI=1S/C23H20N6OS2/c1-14-12-15(2)29-21(24-14)26-22(27-29)31-13-16-8-4-5-9-17(16)20(30)28(3)23-25-18-10-6-7-11-19(18)32-23/h4-12H,13H2,1-3H3. The number of para-hydroxylation sites is 1. The number of carbonyl (C=O) groups is 1. The first-order chi connectivity index (χ1) is 15.5. The van der Waals surface area contributed by atoms with E-state index in [4.69, 9.17) is 0 Å². The molecule has 0 aliphatic heterocycles. The van der Waals surface area contributed by atoms with Gasteiger partial charge in [-0.15, -0.1) is 5.10 Å². The van der Waals surface area contributed by atoms with Crippen LogP contribution in [0.25, 0.3) is 16.0 Å². The molecular formula is C23H20N6OS2. The molecule has 0 spiro atoms. The highest BCUT2D eigenvalue weighted by molar-refractivity contribution is 7.98. The van der Waals surface area contributed by atoms with Crippen molar-refractivity contribution in [3.05, 3.63) is 77.1 Å². The lowest BCUT2D eigenvalue weighted by Crippen LogP contribution is -2.27. The van der Waals surface area contributed by atoms with Crippen molar-refractivity contribution in [1.82, 2.24) is 24.6 Å². The van der Waals surface area contributed by atoms with E-state index in [1.807, 2.05) is 68.4 Å². The van der Waals surface area contributed by atoms with E-state index in [0.29, 0.717) is 27.4 Å². The highest BCUT2D eigenvalue weighted by Crippen LogP contribution is 2.30. The molecule has 5 aromatic rings. The zero-order chi connectivity index (χ0) is 22.2. The molecule has 3 aromatic heterocycles. The van der Waals surface area contributed by atoms with Crippen LogP contribution in [0.3, 0.4) is 0 Å². The molecule has 0 saturated carbocycles. The fourth-order valence-electron chi connectivity index (χ4n) is 3.48. The number of aromatic nitrogens is 5. The van der Waals surface area contributed by atoms with Gasteiger partial charge in [-0.05, 0) is 43.7 Å². The maximum atomic E-state index is 13.3. The van der Waals surface area contributed by atoms with Crippen LogP contribution in [-0.4, -0.2) is 37.5 Å². The second kappa shape index (κ2) is 8.33. The van der Waals surface area contributed by atoms with Crippen LogP contribution in [0, 0.1) is 13.8 Å². The van der Waals surface area contributed by atoms with E-state index < -0.39 is 0 Å². The van der Waals surface area contributed by atoms with Crippen LogP contribution in [0.4, 0.5) is 5.13 Å². The van der Waals surface area contributed by atoms with Crippen molar-refractivity contribution in [2.45, 2.75) is 24.8 Å². The average Bonchev–Trinajstić information content (AvgIpc) is 3.41. The molecule has 7 nitrogen and oxygen atoms in total. The second-order valence-corrected chi connectivity index (χ2v) is 9.37. The first kappa shape index (κ1) is 20.6. The van der Waals surface area contributed by atoms with Crippen LogP contribution in [0.1, 0.15) is 27.3 Å². The van der Waals surface area contributed by atoms with Crippen molar-refractivity contribution >= 4 is 50.1 Å². The number of amides is 1. The minimum Gasteiger partial charge on any atom is -0.287 e. The van der Waals surface area contributed by atoms with Gasteiger partial charge in [-0.25, -0.2) is 14.5 Å². The topological polar surface area (TPSA) is 76.3 Å². The normalized spacial score (nSPS) is 11.3. The summed E-state index contributed by atoms with van der Waals surface area (Å²) in [5.41, 5.74) is 4.37. The zero-order valence-corrected chi connectivity index (χ0v) is 19.4. The Hall–Kier alpha value is -3.30. The van der Waals surface area contributed by atoms with Crippen molar-refractivity contribution in [2.75, 3.05) is 11.9 Å². The molecule has 0 N–H and O–H groups in total. The summed E-state index contributed by atoms with van der Waals surface area (Å²) in [6, 6.07) is 17.5. The van der Waals surface area contributed by atoms with Crippen LogP contribution in [-0.2, 0) is 5.75 Å². The molecule has 3 heterocycles. The Labute approximate surface area is 193 Å². The van der Waals surface area contributed by atoms with E-state index in [0.717, 1.165) is 27.2 Å². The Kier molecular flexibility index (Phi) is 5.36. The first-order valence-electron chi connectivity index (χ1n) is 10.0. The van der Waals surface area contributed by atoms with Gasteiger partial charge in [-0.1, -0.05) is 53.4 Å². The maximum Gasteiger partial charge on any atom is 0.260 e. The van der Waals surface area contributed by atoms with Gasteiger partial charge in [0.2, 0.25) is 5.16 Å². The molecule has 0 saturated heterocycles. The third-order valence-electron chi connectivity index (χ3n) is 5.08. The van der Waals surface area contributed by atoms with Crippen LogP contribution >= 0.6 is 23.1 Å². The van der Waals surface area contributed by atoms with E-state index >= 15 is 0 Å². The average molecular weight is 461 g/mol. The predicted molar refractivity (Wildman–Crippen MR) is 129 cm³/mol. The minimum atomic E-state index is -0.0867. The summed E-state index contributed by atoms with van der Waals surface area (Å²) in [5, 5.41) is 5.86. The van der Waals surface area contributed by atoms with Crippen molar-refractivity contribution in [3.63, 3.8) is 0 Å². The molecule has 5 rings (SSSR count). The monoisotopic (exact) mass is 460 g/mol. The molecule has 160 valence electrons. The highest BCUT2D eigenvalue weighted by Gasteiger charge is 2.20. The number of hydrogen-bond donors (Lipinski definition) is 0. The maximum absolute atomic E-state index is 13.3. The summed E-state index contributed by atoms with van der Waals surface area (Å²) < 4.78 is 2.80. The van der Waals surface area contributed by atoms with Gasteiger partial charge < -0.3 is 0 Å². The molecule has 9 heteroatoms. The number of benzene rings is 2. The molecular weight excluding hydrogens is 440 g/mol. The van der Waals surface area contributed by atoms with Crippen LogP contribution < -0.4 is 4.90 Å². The number of carbonyl (C=O) groups excluding carboxylic acids is 1. The molecule has 0 radical (unpaired) electrons. The third kappa shape index (κ3) is 3.85. The predicted octanol–water partition coefficient (Wildman–Crippen LogP) is 4.92. The Bertz CT molecular complexity index is 1420. The van der Waals surface area contributed by atoms with Crippen molar-refractivity contribution in [3.8, 4) is 0 Å². The first-order valence-corrected chi connectivity index (χ1v) is 11.8. The molecule has 0 bridgehead atoms. The molecule has 0 atom stereocenters. The minimum absolute atomic E-state index is 0.0867. The van der Waals surface area contributed by atoms with Gasteiger partial charge in [-0.2, -0.15) is 4.98 Å². The number of anilines is 1. The SMILES string of the molecule is Cc1cc(C)n2nc(SCc3ccccc3C(=O)N(C)c3nc4ccccc4s3)nc2n1. The van der Waals surface area contributed by atoms with E-state index in [-0.39, 0.29) is 5.91 Å². The Morgan fingerprint density at radius 1 is 1.06 bits per heavy atom. The number of aryl methyl sites for hydroxylation is 2. The van der Waals surface area contributed by atoms with Crippen LogP contribution in [0.15, 0.2) is 59.8 Å². The molecule has 1 amide bonds. The Morgan fingerprint density at radius 2 is 1.84 bits per heavy atom. The van der Waals surface area contributed by atoms with Gasteiger partial charge in [0.25, 0.3) is 11.7 Å². The lowest BCUT2D eigenvalue weighted by atomic mass is 10.1. The van der Waals surface area contributed by atoms with Gasteiger partial charge in [0.05, 0.1) is 10.2 Å². The molecule has 0 aliphatic carbocycles. The summed E-state index contributed by atoms with van der Waals surface area (Å²) in [7, 11) is 1.77. The fourth-order valence-corrected chi connectivity index (χ4v) is 5.22. The number of thioether (sulfide) groups is 1. The Balaban J connectivity index is 1.38. The lowest BCUT2D eigenvalue weighted by molar-refractivity contribution is 0.0992. The highest BCUT2D eigenvalue weighted by atomic mass is 32.2. The summed E-state index contributed by atoms with van der Waals surface area (Å²) >= 11 is 3.00. The number of hydrogen-bond acceptors (Lipinski definition) is 7. The molecule has 2 aromatic carbocycles. The smallest absolute Gasteiger partial charge is 0.260 e. The van der Waals surface area contributed by atoms with Gasteiger partial charge in [0.15, 0.2) is 5.13 Å². The number of rotatable bonds is 5. The number of nitrogens with zero attached hydrogens (tertiary/aromatic N) is 6. The van der Waals surface area contributed by atoms with E-state index in [2.05, 4.69) is 20.1 Å². The zero-order valence-electron chi connectivity index (χ0n) is 17.8. The fraction of sp³-hybridized carbons (Fsp3) is 0.174. The molecule has 32 heavy (non-hydrogen) atoms. The van der Waals surface area contributed by atoms with Gasteiger partial charge >= 0.3 is 0 Å².